The van der Waals surface area contributed by atoms with Crippen molar-refractivity contribution in [1.29, 1.82) is 0 Å². The molecule has 0 spiro atoms. The van der Waals surface area contributed by atoms with Crippen LogP contribution < -0.4 is 0 Å². The molecule has 0 bridgehead atoms. The molecule has 0 aliphatic carbocycles. The van der Waals surface area contributed by atoms with E-state index in [0.29, 0.717) is 6.16 Å². The Morgan fingerprint density at radius 3 is 2.24 bits per heavy atom. The van der Waals surface area contributed by atoms with Gasteiger partial charge in [0, 0.05) is 11.3 Å². The van der Waals surface area contributed by atoms with Crippen molar-refractivity contribution >= 4 is 7.37 Å². The van der Waals surface area contributed by atoms with Gasteiger partial charge in [-0.25, -0.2) is 0 Å². The smallest absolute Gasteiger partial charge is 0.205 e. The highest BCUT2D eigenvalue weighted by Gasteiger charge is 2.33. The molecule has 1 atom stereocenters. The number of unbranched alkanes of at least 4 members (excludes halogenated alkanes) is 1. The highest BCUT2D eigenvalue weighted by atomic mass is 31.2. The lowest BCUT2D eigenvalue weighted by Gasteiger charge is -2.25. The van der Waals surface area contributed by atoms with Crippen LogP contribution >= 0.6 is 7.37 Å². The van der Waals surface area contributed by atoms with Gasteiger partial charge in [0.25, 0.3) is 0 Å². The molecule has 0 saturated carbocycles. The van der Waals surface area contributed by atoms with E-state index in [1.807, 2.05) is 39.0 Å². The molecule has 1 N–H and O–H groups in total. The first-order chi connectivity index (χ1) is 7.83. The first-order valence-corrected chi connectivity index (χ1v) is 8.03. The Balaban J connectivity index is 2.32. The third kappa shape index (κ3) is 4.65. The van der Waals surface area contributed by atoms with E-state index in [1.54, 1.807) is 0 Å². The SMILES string of the molecule is CC(C)(C)P(=O)(O)CCCCc1ccccc1. The van der Waals surface area contributed by atoms with Crippen molar-refractivity contribution in [2.75, 3.05) is 6.16 Å². The molecule has 0 aliphatic heterocycles. The third-order valence-electron chi connectivity index (χ3n) is 3.07. The van der Waals surface area contributed by atoms with Crippen molar-refractivity contribution in [1.82, 2.24) is 0 Å². The molecular formula is C14H23O2P. The van der Waals surface area contributed by atoms with Gasteiger partial charge in [-0.2, -0.15) is 0 Å². The summed E-state index contributed by atoms with van der Waals surface area (Å²) in [7, 11) is -3.00. The Kier molecular flexibility index (Phi) is 4.97. The number of hydrogen-bond acceptors (Lipinski definition) is 1. The van der Waals surface area contributed by atoms with Crippen molar-refractivity contribution in [2.45, 2.75) is 45.2 Å². The summed E-state index contributed by atoms with van der Waals surface area (Å²) in [5, 5.41) is -0.486. The summed E-state index contributed by atoms with van der Waals surface area (Å²) in [4.78, 5) is 9.90. The molecule has 96 valence electrons. The first-order valence-electron chi connectivity index (χ1n) is 6.19. The lowest BCUT2D eigenvalue weighted by atomic mass is 10.1. The van der Waals surface area contributed by atoms with Gasteiger partial charge in [0.2, 0.25) is 7.37 Å². The monoisotopic (exact) mass is 254 g/mol. The molecule has 1 rings (SSSR count). The van der Waals surface area contributed by atoms with E-state index in [0.717, 1.165) is 19.3 Å². The fourth-order valence-corrected chi connectivity index (χ4v) is 2.96. The van der Waals surface area contributed by atoms with Gasteiger partial charge in [-0.05, 0) is 24.8 Å². The average molecular weight is 254 g/mol. The maximum atomic E-state index is 12.0. The maximum Gasteiger partial charge on any atom is 0.205 e. The van der Waals surface area contributed by atoms with Crippen molar-refractivity contribution < 1.29 is 9.46 Å². The van der Waals surface area contributed by atoms with Gasteiger partial charge in [-0.1, -0.05) is 51.1 Å². The topological polar surface area (TPSA) is 37.3 Å². The second-order valence-electron chi connectivity index (χ2n) is 5.54. The zero-order valence-electron chi connectivity index (χ0n) is 11.0. The van der Waals surface area contributed by atoms with Gasteiger partial charge < -0.3 is 4.89 Å². The molecule has 17 heavy (non-hydrogen) atoms. The lowest BCUT2D eigenvalue weighted by molar-refractivity contribution is 0.442. The van der Waals surface area contributed by atoms with E-state index in [4.69, 9.17) is 0 Å². The van der Waals surface area contributed by atoms with E-state index >= 15 is 0 Å². The van der Waals surface area contributed by atoms with Crippen molar-refractivity contribution in [3.8, 4) is 0 Å². The van der Waals surface area contributed by atoms with E-state index in [9.17, 15) is 9.46 Å². The van der Waals surface area contributed by atoms with E-state index in [1.165, 1.54) is 5.56 Å². The summed E-state index contributed by atoms with van der Waals surface area (Å²) < 4.78 is 12.0. The van der Waals surface area contributed by atoms with Crippen molar-refractivity contribution in [2.24, 2.45) is 0 Å². The van der Waals surface area contributed by atoms with Gasteiger partial charge >= 0.3 is 0 Å². The van der Waals surface area contributed by atoms with Crippen LogP contribution in [0.4, 0.5) is 0 Å². The first kappa shape index (κ1) is 14.5. The molecule has 0 amide bonds. The van der Waals surface area contributed by atoms with Crippen LogP contribution in [0.25, 0.3) is 0 Å². The quantitative estimate of drug-likeness (QED) is 0.635. The Morgan fingerprint density at radius 2 is 1.71 bits per heavy atom. The highest BCUT2D eigenvalue weighted by Crippen LogP contribution is 2.54. The molecule has 0 aromatic heterocycles. The van der Waals surface area contributed by atoms with Crippen LogP contribution in [0.5, 0.6) is 0 Å². The van der Waals surface area contributed by atoms with Gasteiger partial charge in [0.1, 0.15) is 0 Å². The van der Waals surface area contributed by atoms with Crippen LogP contribution in [0.15, 0.2) is 30.3 Å². The van der Waals surface area contributed by atoms with E-state index in [-0.39, 0.29) is 0 Å². The van der Waals surface area contributed by atoms with Gasteiger partial charge in [0.05, 0.1) is 0 Å². The minimum absolute atomic E-state index is 0.434. The molecular weight excluding hydrogens is 231 g/mol. The van der Waals surface area contributed by atoms with Crippen LogP contribution in [-0.2, 0) is 11.0 Å². The van der Waals surface area contributed by atoms with Crippen molar-refractivity contribution in [3.05, 3.63) is 35.9 Å². The Labute approximate surface area is 105 Å². The predicted molar refractivity (Wildman–Crippen MR) is 73.8 cm³/mol. The summed E-state index contributed by atoms with van der Waals surface area (Å²) >= 11 is 0. The normalized spacial score (nSPS) is 15.5. The zero-order valence-corrected chi connectivity index (χ0v) is 11.9. The molecule has 3 heteroatoms. The van der Waals surface area contributed by atoms with Crippen LogP contribution in [0.3, 0.4) is 0 Å². The van der Waals surface area contributed by atoms with Gasteiger partial charge in [-0.15, -0.1) is 0 Å². The number of rotatable bonds is 5. The number of benzene rings is 1. The molecule has 0 radical (unpaired) electrons. The molecule has 1 aromatic carbocycles. The zero-order chi connectivity index (χ0) is 12.9. The van der Waals surface area contributed by atoms with Crippen LogP contribution in [0.1, 0.15) is 39.2 Å². The van der Waals surface area contributed by atoms with Crippen molar-refractivity contribution in [3.63, 3.8) is 0 Å². The summed E-state index contributed by atoms with van der Waals surface area (Å²) in [5.74, 6) is 0. The number of hydrogen-bond donors (Lipinski definition) is 1. The molecule has 2 nitrogen and oxygen atoms in total. The average Bonchev–Trinajstić information content (AvgIpc) is 2.24. The second-order valence-corrected chi connectivity index (χ2v) is 8.73. The van der Waals surface area contributed by atoms with Gasteiger partial charge in [-0.3, -0.25) is 4.57 Å². The lowest BCUT2D eigenvalue weighted by Crippen LogP contribution is -2.16. The number of aryl methyl sites for hydroxylation is 1. The predicted octanol–water partition coefficient (Wildman–Crippen LogP) is 4.08. The molecule has 0 heterocycles. The molecule has 1 unspecified atom stereocenters. The fraction of sp³-hybridized carbons (Fsp3) is 0.571. The molecule has 0 aliphatic rings. The summed E-state index contributed by atoms with van der Waals surface area (Å²) in [6, 6.07) is 10.3. The van der Waals surface area contributed by atoms with Crippen LogP contribution in [0, 0.1) is 0 Å². The van der Waals surface area contributed by atoms with Gasteiger partial charge in [0.15, 0.2) is 0 Å². The third-order valence-corrected chi connectivity index (χ3v) is 6.09. The largest absolute Gasteiger partial charge is 0.344 e. The highest BCUT2D eigenvalue weighted by molar-refractivity contribution is 7.59. The standard InChI is InChI=1S/C14H23O2P/c1-14(2,3)17(15,16)12-8-7-11-13-9-5-4-6-10-13/h4-6,9-10H,7-8,11-12H2,1-3H3,(H,15,16). The van der Waals surface area contributed by atoms with Crippen LogP contribution in [-0.4, -0.2) is 16.2 Å². The minimum atomic E-state index is -3.00. The molecule has 0 fully saturated rings. The maximum absolute atomic E-state index is 12.0. The van der Waals surface area contributed by atoms with E-state index < -0.39 is 12.5 Å². The molecule has 1 aromatic rings. The summed E-state index contributed by atoms with van der Waals surface area (Å²) in [6.45, 7) is 5.51. The molecule has 0 saturated heterocycles. The Morgan fingerprint density at radius 1 is 1.12 bits per heavy atom. The summed E-state index contributed by atoms with van der Waals surface area (Å²) in [6.07, 6.45) is 3.22. The summed E-state index contributed by atoms with van der Waals surface area (Å²) in [5.41, 5.74) is 1.30. The fourth-order valence-electron chi connectivity index (χ4n) is 1.64. The Hall–Kier alpha value is -0.590. The second kappa shape index (κ2) is 5.84. The Bertz CT molecular complexity index is 379. The van der Waals surface area contributed by atoms with E-state index in [2.05, 4.69) is 12.1 Å². The minimum Gasteiger partial charge on any atom is -0.344 e. The van der Waals surface area contributed by atoms with Crippen LogP contribution in [0.2, 0.25) is 0 Å².